The smallest absolute Gasteiger partial charge is 0.124 e. The Labute approximate surface area is 113 Å². The van der Waals surface area contributed by atoms with E-state index in [1.807, 2.05) is 31.7 Å². The second-order valence-corrected chi connectivity index (χ2v) is 4.77. The van der Waals surface area contributed by atoms with Crippen LogP contribution in [0.4, 0.5) is 0 Å². The lowest BCUT2D eigenvalue weighted by molar-refractivity contribution is 0.295. The van der Waals surface area contributed by atoms with Gasteiger partial charge in [0, 0.05) is 25.2 Å². The molecule has 0 spiro atoms. The Bertz CT molecular complexity index is 565. The van der Waals surface area contributed by atoms with Gasteiger partial charge in [-0.05, 0) is 37.1 Å². The number of hydrogen-bond donors (Lipinski definition) is 1. The van der Waals surface area contributed by atoms with Gasteiger partial charge in [-0.25, -0.2) is 4.98 Å². The Morgan fingerprint density at radius 2 is 1.89 bits per heavy atom. The van der Waals surface area contributed by atoms with Crippen LogP contribution in [0.1, 0.15) is 17.0 Å². The average molecular weight is 260 g/mol. The lowest BCUT2D eigenvalue weighted by Gasteiger charge is -2.10. The molecule has 19 heavy (non-hydrogen) atoms. The van der Waals surface area contributed by atoms with Crippen LogP contribution >= 0.6 is 0 Å². The summed E-state index contributed by atoms with van der Waals surface area (Å²) >= 11 is 0. The van der Waals surface area contributed by atoms with Gasteiger partial charge in [0.2, 0.25) is 0 Å². The van der Waals surface area contributed by atoms with Crippen LogP contribution in [0, 0.1) is 13.8 Å². The van der Waals surface area contributed by atoms with Crippen molar-refractivity contribution < 1.29 is 9.84 Å². The van der Waals surface area contributed by atoms with Gasteiger partial charge >= 0.3 is 0 Å². The van der Waals surface area contributed by atoms with E-state index < -0.39 is 0 Å². The van der Waals surface area contributed by atoms with E-state index in [0.717, 1.165) is 34.0 Å². The van der Waals surface area contributed by atoms with Gasteiger partial charge in [-0.1, -0.05) is 0 Å². The normalized spacial score (nSPS) is 10.8. The molecular formula is C15H20N2O2. The second-order valence-electron chi connectivity index (χ2n) is 4.77. The Kier molecular flexibility index (Phi) is 3.90. The average Bonchev–Trinajstić information content (AvgIpc) is 2.71. The molecule has 0 fully saturated rings. The maximum atomic E-state index is 9.01. The summed E-state index contributed by atoms with van der Waals surface area (Å²) in [6.07, 6.45) is 2.57. The van der Waals surface area contributed by atoms with Crippen LogP contribution in [0.2, 0.25) is 0 Å². The van der Waals surface area contributed by atoms with Crippen LogP contribution in [0.15, 0.2) is 18.3 Å². The van der Waals surface area contributed by atoms with Gasteiger partial charge in [-0.15, -0.1) is 0 Å². The molecule has 1 aromatic heterocycles. The first kappa shape index (κ1) is 13.6. The molecule has 0 unspecified atom stereocenters. The first-order valence-corrected chi connectivity index (χ1v) is 6.35. The molecule has 4 heteroatoms. The molecule has 0 radical (unpaired) electrons. The van der Waals surface area contributed by atoms with E-state index in [1.54, 1.807) is 7.11 Å². The SMILES string of the molecule is COc1c(C)cc(-c2cn(C)c(CCO)n2)cc1C. The summed E-state index contributed by atoms with van der Waals surface area (Å²) in [5.74, 6) is 1.82. The minimum absolute atomic E-state index is 0.116. The van der Waals surface area contributed by atoms with Gasteiger partial charge in [0.15, 0.2) is 0 Å². The number of methoxy groups -OCH3 is 1. The van der Waals surface area contributed by atoms with Crippen LogP contribution in [-0.2, 0) is 13.5 Å². The molecule has 2 aromatic rings. The molecule has 1 N–H and O–H groups in total. The molecule has 4 nitrogen and oxygen atoms in total. The molecule has 102 valence electrons. The van der Waals surface area contributed by atoms with Crippen LogP contribution in [-0.4, -0.2) is 28.4 Å². The molecule has 1 heterocycles. The Morgan fingerprint density at radius 1 is 1.26 bits per heavy atom. The summed E-state index contributed by atoms with van der Waals surface area (Å²) in [7, 11) is 3.64. The zero-order valence-electron chi connectivity index (χ0n) is 11.9. The number of hydrogen-bond acceptors (Lipinski definition) is 3. The minimum atomic E-state index is 0.116. The molecule has 0 aliphatic heterocycles. The van der Waals surface area contributed by atoms with Crippen molar-refractivity contribution in [2.45, 2.75) is 20.3 Å². The van der Waals surface area contributed by atoms with E-state index in [0.29, 0.717) is 6.42 Å². The number of aliphatic hydroxyl groups excluding tert-OH is 1. The standard InChI is InChI=1S/C15H20N2O2/c1-10-7-12(8-11(2)15(10)19-4)13-9-17(3)14(16-13)5-6-18/h7-9,18H,5-6H2,1-4H3. The highest BCUT2D eigenvalue weighted by Crippen LogP contribution is 2.29. The van der Waals surface area contributed by atoms with Crippen molar-refractivity contribution in [3.63, 3.8) is 0 Å². The van der Waals surface area contributed by atoms with Crippen LogP contribution in [0.3, 0.4) is 0 Å². The largest absolute Gasteiger partial charge is 0.496 e. The van der Waals surface area contributed by atoms with E-state index in [1.165, 1.54) is 0 Å². The van der Waals surface area contributed by atoms with Gasteiger partial charge in [-0.2, -0.15) is 0 Å². The lowest BCUT2D eigenvalue weighted by Crippen LogP contribution is -1.99. The Morgan fingerprint density at radius 3 is 2.42 bits per heavy atom. The number of nitrogens with zero attached hydrogens (tertiary/aromatic N) is 2. The lowest BCUT2D eigenvalue weighted by atomic mass is 10.0. The molecule has 0 aliphatic rings. The topological polar surface area (TPSA) is 47.3 Å². The highest BCUT2D eigenvalue weighted by Gasteiger charge is 2.11. The molecular weight excluding hydrogens is 240 g/mol. The minimum Gasteiger partial charge on any atom is -0.496 e. The first-order chi connectivity index (χ1) is 9.06. The van der Waals surface area contributed by atoms with E-state index in [9.17, 15) is 0 Å². The van der Waals surface area contributed by atoms with Crippen LogP contribution < -0.4 is 4.74 Å². The third kappa shape index (κ3) is 2.63. The number of benzene rings is 1. The Balaban J connectivity index is 2.44. The number of aliphatic hydroxyl groups is 1. The predicted molar refractivity (Wildman–Crippen MR) is 75.5 cm³/mol. The number of ether oxygens (including phenoxy) is 1. The molecule has 0 saturated carbocycles. The zero-order valence-corrected chi connectivity index (χ0v) is 11.9. The summed E-state index contributed by atoms with van der Waals surface area (Å²) in [6.45, 7) is 4.19. The monoisotopic (exact) mass is 260 g/mol. The third-order valence-corrected chi connectivity index (χ3v) is 3.27. The number of aryl methyl sites for hydroxylation is 3. The summed E-state index contributed by atoms with van der Waals surface area (Å²) in [4.78, 5) is 4.57. The quantitative estimate of drug-likeness (QED) is 0.917. The molecule has 0 atom stereocenters. The van der Waals surface area contributed by atoms with Gasteiger partial charge in [0.1, 0.15) is 11.6 Å². The molecule has 0 aliphatic carbocycles. The summed E-state index contributed by atoms with van der Waals surface area (Å²) in [6, 6.07) is 4.16. The maximum Gasteiger partial charge on any atom is 0.124 e. The van der Waals surface area contributed by atoms with Crippen molar-refractivity contribution in [3.05, 3.63) is 35.3 Å². The van der Waals surface area contributed by atoms with Gasteiger partial charge in [0.05, 0.1) is 19.4 Å². The van der Waals surface area contributed by atoms with Crippen LogP contribution in [0.25, 0.3) is 11.3 Å². The van der Waals surface area contributed by atoms with E-state index >= 15 is 0 Å². The van der Waals surface area contributed by atoms with Crippen molar-refractivity contribution in [1.29, 1.82) is 0 Å². The highest BCUT2D eigenvalue weighted by molar-refractivity contribution is 5.64. The number of imidazole rings is 1. The maximum absolute atomic E-state index is 9.01. The zero-order chi connectivity index (χ0) is 14.0. The second kappa shape index (κ2) is 5.45. The van der Waals surface area contributed by atoms with Crippen molar-refractivity contribution in [2.75, 3.05) is 13.7 Å². The number of rotatable bonds is 4. The fourth-order valence-corrected chi connectivity index (χ4v) is 2.40. The molecule has 2 rings (SSSR count). The van der Waals surface area contributed by atoms with Gasteiger partial charge in [-0.3, -0.25) is 0 Å². The first-order valence-electron chi connectivity index (χ1n) is 6.35. The van der Waals surface area contributed by atoms with E-state index in [-0.39, 0.29) is 6.61 Å². The fourth-order valence-electron chi connectivity index (χ4n) is 2.40. The Hall–Kier alpha value is -1.81. The fraction of sp³-hybridized carbons (Fsp3) is 0.400. The van der Waals surface area contributed by atoms with Crippen LogP contribution in [0.5, 0.6) is 5.75 Å². The molecule has 1 aromatic carbocycles. The summed E-state index contributed by atoms with van der Waals surface area (Å²) in [5, 5.41) is 9.01. The summed E-state index contributed by atoms with van der Waals surface area (Å²) < 4.78 is 7.33. The van der Waals surface area contributed by atoms with Crippen molar-refractivity contribution in [1.82, 2.24) is 9.55 Å². The van der Waals surface area contributed by atoms with Gasteiger partial charge in [0.25, 0.3) is 0 Å². The highest BCUT2D eigenvalue weighted by atomic mass is 16.5. The van der Waals surface area contributed by atoms with Crippen molar-refractivity contribution >= 4 is 0 Å². The molecule has 0 saturated heterocycles. The van der Waals surface area contributed by atoms with E-state index in [2.05, 4.69) is 17.1 Å². The molecule has 0 bridgehead atoms. The van der Waals surface area contributed by atoms with Crippen molar-refractivity contribution in [2.24, 2.45) is 7.05 Å². The third-order valence-electron chi connectivity index (χ3n) is 3.27. The van der Waals surface area contributed by atoms with E-state index in [4.69, 9.17) is 9.84 Å². The predicted octanol–water partition coefficient (Wildman–Crippen LogP) is 2.25. The number of aromatic nitrogens is 2. The van der Waals surface area contributed by atoms with Gasteiger partial charge < -0.3 is 14.4 Å². The molecule has 0 amide bonds. The van der Waals surface area contributed by atoms with Crippen molar-refractivity contribution in [3.8, 4) is 17.0 Å². The summed E-state index contributed by atoms with van der Waals surface area (Å²) in [5.41, 5.74) is 4.22.